The maximum atomic E-state index is 12.9. The number of benzene rings is 1. The third kappa shape index (κ3) is 5.27. The van der Waals surface area contributed by atoms with Gasteiger partial charge in [0.2, 0.25) is 9.84 Å². The zero-order valence-corrected chi connectivity index (χ0v) is 19.7. The molecule has 9 heteroatoms. The van der Waals surface area contributed by atoms with Crippen LogP contribution in [0.2, 0.25) is 18.1 Å². The minimum atomic E-state index is -3.61. The Labute approximate surface area is 169 Å². The third-order valence-corrected chi connectivity index (χ3v) is 11.8. The van der Waals surface area contributed by atoms with Crippen molar-refractivity contribution in [3.05, 3.63) is 30.3 Å². The first-order valence-corrected chi connectivity index (χ1v) is 14.2. The number of para-hydroxylation sites is 1. The fourth-order valence-corrected chi connectivity index (χ4v) is 5.48. The number of nitrogens with zero attached hydrogens (tertiary/aromatic N) is 4. The molecule has 0 N–H and O–H groups in total. The minimum absolute atomic E-state index is 0.0128. The highest BCUT2D eigenvalue weighted by Gasteiger charge is 2.39. The van der Waals surface area contributed by atoms with Crippen molar-refractivity contribution in [3.8, 4) is 5.69 Å². The van der Waals surface area contributed by atoms with E-state index < -0.39 is 18.2 Å². The molecule has 0 aliphatic rings. The molecule has 28 heavy (non-hydrogen) atoms. The molecule has 1 heterocycles. The molecule has 2 rings (SSSR count). The van der Waals surface area contributed by atoms with Gasteiger partial charge in [0.25, 0.3) is 5.16 Å². The fraction of sp³-hybridized carbons (Fsp3) is 0.632. The fourth-order valence-electron chi connectivity index (χ4n) is 2.53. The van der Waals surface area contributed by atoms with Crippen LogP contribution in [0, 0.1) is 5.92 Å². The second kappa shape index (κ2) is 8.42. The van der Waals surface area contributed by atoms with Gasteiger partial charge in [-0.05, 0) is 60.0 Å². The lowest BCUT2D eigenvalue weighted by atomic mass is 10.0. The van der Waals surface area contributed by atoms with E-state index >= 15 is 0 Å². The molecule has 0 fully saturated rings. The maximum Gasteiger partial charge on any atom is 0.272 e. The average molecular weight is 425 g/mol. The second-order valence-corrected chi connectivity index (χ2v) is 15.6. The van der Waals surface area contributed by atoms with Crippen LogP contribution < -0.4 is 0 Å². The van der Waals surface area contributed by atoms with Crippen LogP contribution in [0.5, 0.6) is 0 Å². The molecule has 0 bridgehead atoms. The summed E-state index contributed by atoms with van der Waals surface area (Å²) in [4.78, 5) is 0. The summed E-state index contributed by atoms with van der Waals surface area (Å²) < 4.78 is 33.4. The Morgan fingerprint density at radius 1 is 1.14 bits per heavy atom. The Morgan fingerprint density at radius 2 is 1.75 bits per heavy atom. The lowest BCUT2D eigenvalue weighted by molar-refractivity contribution is 0.141. The number of rotatable bonds is 8. The second-order valence-electron chi connectivity index (χ2n) is 8.88. The monoisotopic (exact) mass is 424 g/mol. The quantitative estimate of drug-likeness (QED) is 0.598. The summed E-state index contributed by atoms with van der Waals surface area (Å²) in [7, 11) is -5.51. The van der Waals surface area contributed by atoms with Crippen molar-refractivity contribution in [2.75, 3.05) is 5.75 Å². The molecule has 1 aromatic carbocycles. The van der Waals surface area contributed by atoms with Gasteiger partial charge in [0, 0.05) is 6.10 Å². The Balaban J connectivity index is 2.07. The molecule has 0 unspecified atom stereocenters. The molecule has 7 nitrogen and oxygen atoms in total. The van der Waals surface area contributed by atoms with Crippen LogP contribution in [0.1, 0.15) is 41.0 Å². The van der Waals surface area contributed by atoms with E-state index in [1.54, 1.807) is 12.1 Å². The topological polar surface area (TPSA) is 87.0 Å². The predicted octanol–water partition coefficient (Wildman–Crippen LogP) is 3.87. The van der Waals surface area contributed by atoms with Crippen molar-refractivity contribution in [2.45, 2.75) is 70.4 Å². The standard InChI is InChI=1S/C19H32N4O3SSi/c1-15(16(2)26-28(6,7)19(3,4)5)13-14-27(24,25)18-20-21-22-23(18)17-11-9-8-10-12-17/h8-12,15-16H,13-14H2,1-7H3/t15-,16-/m0/s1. The van der Waals surface area contributed by atoms with Crippen LogP contribution in [0.4, 0.5) is 0 Å². The van der Waals surface area contributed by atoms with Gasteiger partial charge < -0.3 is 4.43 Å². The van der Waals surface area contributed by atoms with Gasteiger partial charge in [-0.25, -0.2) is 8.42 Å². The van der Waals surface area contributed by atoms with Gasteiger partial charge in [-0.15, -0.1) is 0 Å². The highest BCUT2D eigenvalue weighted by molar-refractivity contribution is 7.91. The first kappa shape index (κ1) is 22.7. The summed E-state index contributed by atoms with van der Waals surface area (Å²) in [5.41, 5.74) is 0.619. The molecule has 0 spiro atoms. The number of hydrogen-bond donors (Lipinski definition) is 0. The molecule has 0 aliphatic carbocycles. The van der Waals surface area contributed by atoms with Crippen LogP contribution in [0.3, 0.4) is 0 Å². The molecule has 156 valence electrons. The normalized spacial score (nSPS) is 15.4. The van der Waals surface area contributed by atoms with Gasteiger partial charge in [-0.1, -0.05) is 51.0 Å². The highest BCUT2D eigenvalue weighted by atomic mass is 32.2. The summed E-state index contributed by atoms with van der Waals surface area (Å²) in [5.74, 6) is 0.0806. The molecule has 0 radical (unpaired) electrons. The van der Waals surface area contributed by atoms with E-state index in [2.05, 4.69) is 49.4 Å². The van der Waals surface area contributed by atoms with E-state index in [0.29, 0.717) is 12.1 Å². The number of sulfone groups is 1. The van der Waals surface area contributed by atoms with Crippen molar-refractivity contribution in [1.29, 1.82) is 0 Å². The number of hydrogen-bond acceptors (Lipinski definition) is 6. The van der Waals surface area contributed by atoms with E-state index in [1.807, 2.05) is 32.0 Å². The minimum Gasteiger partial charge on any atom is -0.414 e. The molecule has 0 saturated heterocycles. The van der Waals surface area contributed by atoms with Crippen LogP contribution in [-0.2, 0) is 14.3 Å². The largest absolute Gasteiger partial charge is 0.414 e. The van der Waals surface area contributed by atoms with Crippen LogP contribution >= 0.6 is 0 Å². The SMILES string of the molecule is C[C@H](O[Si](C)(C)C(C)(C)C)[C@@H](C)CCS(=O)(=O)c1nnnn1-c1ccccc1. The number of tetrazole rings is 1. The average Bonchev–Trinajstić information content (AvgIpc) is 3.10. The van der Waals surface area contributed by atoms with Crippen LogP contribution in [-0.4, -0.2) is 48.8 Å². The molecular weight excluding hydrogens is 392 g/mol. The zero-order chi connectivity index (χ0) is 21.2. The van der Waals surface area contributed by atoms with Gasteiger partial charge in [-0.2, -0.15) is 4.68 Å². The van der Waals surface area contributed by atoms with E-state index in [1.165, 1.54) is 4.68 Å². The van der Waals surface area contributed by atoms with Crippen LogP contribution in [0.15, 0.2) is 35.5 Å². The molecule has 0 saturated carbocycles. The van der Waals surface area contributed by atoms with E-state index in [-0.39, 0.29) is 28.0 Å². The van der Waals surface area contributed by atoms with Crippen molar-refractivity contribution in [3.63, 3.8) is 0 Å². The van der Waals surface area contributed by atoms with Gasteiger partial charge in [0.15, 0.2) is 8.32 Å². The third-order valence-electron chi connectivity index (χ3n) is 5.65. The summed E-state index contributed by atoms with van der Waals surface area (Å²) in [5, 5.41) is 11.2. The van der Waals surface area contributed by atoms with Gasteiger partial charge in [0.05, 0.1) is 11.4 Å². The van der Waals surface area contributed by atoms with Crippen LogP contribution in [0.25, 0.3) is 5.69 Å². The zero-order valence-electron chi connectivity index (χ0n) is 17.9. The van der Waals surface area contributed by atoms with Gasteiger partial charge in [-0.3, -0.25) is 0 Å². The summed E-state index contributed by atoms with van der Waals surface area (Å²) in [6, 6.07) is 9.03. The first-order chi connectivity index (χ1) is 12.8. The van der Waals surface area contributed by atoms with Gasteiger partial charge >= 0.3 is 0 Å². The molecule has 0 amide bonds. The highest BCUT2D eigenvalue weighted by Crippen LogP contribution is 2.38. The Morgan fingerprint density at radius 3 is 2.32 bits per heavy atom. The molecule has 0 aliphatic heterocycles. The Bertz CT molecular complexity index is 876. The Hall–Kier alpha value is -1.58. The van der Waals surface area contributed by atoms with E-state index in [9.17, 15) is 8.42 Å². The molecule has 2 atom stereocenters. The number of aromatic nitrogens is 4. The summed E-state index contributed by atoms with van der Waals surface area (Å²) in [6.45, 7) is 15.1. The lowest BCUT2D eigenvalue weighted by Gasteiger charge is -2.40. The van der Waals surface area contributed by atoms with Crippen molar-refractivity contribution in [1.82, 2.24) is 20.2 Å². The van der Waals surface area contributed by atoms with Crippen molar-refractivity contribution in [2.24, 2.45) is 5.92 Å². The lowest BCUT2D eigenvalue weighted by Crippen LogP contribution is -2.44. The Kier molecular flexibility index (Phi) is 6.83. The van der Waals surface area contributed by atoms with E-state index in [0.717, 1.165) is 0 Å². The van der Waals surface area contributed by atoms with E-state index in [4.69, 9.17) is 4.43 Å². The smallest absolute Gasteiger partial charge is 0.272 e. The van der Waals surface area contributed by atoms with Crippen molar-refractivity contribution < 1.29 is 12.8 Å². The summed E-state index contributed by atoms with van der Waals surface area (Å²) >= 11 is 0. The van der Waals surface area contributed by atoms with Gasteiger partial charge in [0.1, 0.15) is 0 Å². The molecular formula is C19H32N4O3SSi. The predicted molar refractivity (Wildman–Crippen MR) is 113 cm³/mol. The first-order valence-electron chi connectivity index (χ1n) is 9.59. The molecule has 2 aromatic rings. The molecule has 1 aromatic heterocycles. The van der Waals surface area contributed by atoms with Crippen molar-refractivity contribution >= 4 is 18.2 Å². The maximum absolute atomic E-state index is 12.9. The summed E-state index contributed by atoms with van der Waals surface area (Å²) in [6.07, 6.45) is 0.473.